The minimum absolute atomic E-state index is 0.0193. The second-order valence-corrected chi connectivity index (χ2v) is 6.25. The first-order chi connectivity index (χ1) is 11.6. The molecule has 1 amide bonds. The Morgan fingerprint density at radius 2 is 1.92 bits per heavy atom. The summed E-state index contributed by atoms with van der Waals surface area (Å²) in [5.74, 6) is -0.581. The standard InChI is InChI=1S/C17H24FN3O3/c1-23-16-10-13(14(18)11-15(16)19)17(22)21-4-2-12(3-5-21)20-6-8-24-9-7-20/h10-12H,2-9,19H2,1H3. The van der Waals surface area contributed by atoms with Gasteiger partial charge in [-0.15, -0.1) is 0 Å². The van der Waals surface area contributed by atoms with Crippen LogP contribution in [-0.4, -0.2) is 68.3 Å². The van der Waals surface area contributed by atoms with Gasteiger partial charge in [-0.2, -0.15) is 0 Å². The molecular weight excluding hydrogens is 313 g/mol. The van der Waals surface area contributed by atoms with Gasteiger partial charge in [-0.05, 0) is 18.9 Å². The average molecular weight is 337 g/mol. The average Bonchev–Trinajstić information content (AvgIpc) is 2.62. The lowest BCUT2D eigenvalue weighted by Gasteiger charge is -2.40. The molecule has 1 aromatic rings. The number of ether oxygens (including phenoxy) is 2. The van der Waals surface area contributed by atoms with Crippen LogP contribution in [0, 0.1) is 5.82 Å². The summed E-state index contributed by atoms with van der Waals surface area (Å²) in [5, 5.41) is 0. The van der Waals surface area contributed by atoms with Crippen molar-refractivity contribution in [1.82, 2.24) is 9.80 Å². The quantitative estimate of drug-likeness (QED) is 0.844. The number of anilines is 1. The third-order valence-corrected chi connectivity index (χ3v) is 4.86. The number of rotatable bonds is 3. The van der Waals surface area contributed by atoms with Gasteiger partial charge < -0.3 is 20.1 Å². The fourth-order valence-corrected chi connectivity index (χ4v) is 3.46. The Morgan fingerprint density at radius 1 is 1.25 bits per heavy atom. The highest BCUT2D eigenvalue weighted by molar-refractivity contribution is 5.95. The molecule has 2 aliphatic heterocycles. The molecule has 2 N–H and O–H groups in total. The van der Waals surface area contributed by atoms with Crippen LogP contribution in [0.15, 0.2) is 12.1 Å². The Morgan fingerprint density at radius 3 is 2.54 bits per heavy atom. The molecule has 0 atom stereocenters. The van der Waals surface area contributed by atoms with Crippen LogP contribution in [0.2, 0.25) is 0 Å². The molecule has 7 heteroatoms. The molecule has 2 aliphatic rings. The number of nitrogen functional groups attached to an aromatic ring is 1. The first-order valence-corrected chi connectivity index (χ1v) is 8.34. The third-order valence-electron chi connectivity index (χ3n) is 4.86. The molecule has 132 valence electrons. The van der Waals surface area contributed by atoms with E-state index < -0.39 is 5.82 Å². The zero-order valence-electron chi connectivity index (χ0n) is 14.0. The highest BCUT2D eigenvalue weighted by Gasteiger charge is 2.29. The van der Waals surface area contributed by atoms with Crippen LogP contribution in [0.4, 0.5) is 10.1 Å². The summed E-state index contributed by atoms with van der Waals surface area (Å²) in [6.45, 7) is 4.70. The van der Waals surface area contributed by atoms with Crippen molar-refractivity contribution in [1.29, 1.82) is 0 Å². The number of hydrogen-bond acceptors (Lipinski definition) is 5. The fraction of sp³-hybridized carbons (Fsp3) is 0.588. The Bertz CT molecular complexity index is 597. The van der Waals surface area contributed by atoms with E-state index >= 15 is 0 Å². The van der Waals surface area contributed by atoms with Crippen LogP contribution in [0.1, 0.15) is 23.2 Å². The number of amides is 1. The van der Waals surface area contributed by atoms with Crippen molar-refractivity contribution in [3.63, 3.8) is 0 Å². The largest absolute Gasteiger partial charge is 0.495 e. The summed E-state index contributed by atoms with van der Waals surface area (Å²) >= 11 is 0. The van der Waals surface area contributed by atoms with Gasteiger partial charge in [-0.1, -0.05) is 0 Å². The number of carbonyl (C=O) groups excluding carboxylic acids is 1. The Hall–Kier alpha value is -1.86. The number of hydrogen-bond donors (Lipinski definition) is 1. The predicted molar refractivity (Wildman–Crippen MR) is 88.7 cm³/mol. The van der Waals surface area contributed by atoms with Crippen LogP contribution in [0.3, 0.4) is 0 Å². The van der Waals surface area contributed by atoms with E-state index in [4.69, 9.17) is 15.2 Å². The minimum Gasteiger partial charge on any atom is -0.495 e. The van der Waals surface area contributed by atoms with Crippen molar-refractivity contribution in [3.8, 4) is 5.75 Å². The molecule has 0 unspecified atom stereocenters. The fourth-order valence-electron chi connectivity index (χ4n) is 3.46. The normalized spacial score (nSPS) is 20.2. The van der Waals surface area contributed by atoms with Crippen LogP contribution in [0.5, 0.6) is 5.75 Å². The summed E-state index contributed by atoms with van der Waals surface area (Å²) in [5.41, 5.74) is 5.89. The van der Waals surface area contributed by atoms with Crippen LogP contribution in [-0.2, 0) is 4.74 Å². The summed E-state index contributed by atoms with van der Waals surface area (Å²) < 4.78 is 24.6. The van der Waals surface area contributed by atoms with Crippen molar-refractivity contribution in [2.75, 3.05) is 52.2 Å². The smallest absolute Gasteiger partial charge is 0.256 e. The SMILES string of the molecule is COc1cc(C(=O)N2CCC(N3CCOCC3)CC2)c(F)cc1N. The lowest BCUT2D eigenvalue weighted by Crippen LogP contribution is -2.50. The van der Waals surface area contributed by atoms with E-state index in [1.807, 2.05) is 0 Å². The van der Waals surface area contributed by atoms with Gasteiger partial charge in [0.05, 0.1) is 31.6 Å². The second kappa shape index (κ2) is 7.36. The number of likely N-dealkylation sites (tertiary alicyclic amines) is 1. The molecule has 24 heavy (non-hydrogen) atoms. The third kappa shape index (κ3) is 3.47. The van der Waals surface area contributed by atoms with Gasteiger partial charge >= 0.3 is 0 Å². The molecule has 0 radical (unpaired) electrons. The first kappa shape index (κ1) is 17.0. The number of carbonyl (C=O) groups is 1. The number of morpholine rings is 1. The van der Waals surface area contributed by atoms with Gasteiger partial charge in [0, 0.05) is 38.3 Å². The summed E-state index contributed by atoms with van der Waals surface area (Å²) in [6, 6.07) is 3.01. The van der Waals surface area contributed by atoms with E-state index in [0.717, 1.165) is 45.2 Å². The van der Waals surface area contributed by atoms with Crippen molar-refractivity contribution in [2.45, 2.75) is 18.9 Å². The zero-order valence-corrected chi connectivity index (χ0v) is 14.0. The van der Waals surface area contributed by atoms with Gasteiger partial charge in [0.15, 0.2) is 0 Å². The number of nitrogens with two attached hydrogens (primary N) is 1. The molecule has 0 saturated carbocycles. The minimum atomic E-state index is -0.603. The van der Waals surface area contributed by atoms with Crippen molar-refractivity contribution >= 4 is 11.6 Å². The topological polar surface area (TPSA) is 68.0 Å². The Kier molecular flexibility index (Phi) is 5.20. The first-order valence-electron chi connectivity index (χ1n) is 8.34. The maximum atomic E-state index is 14.1. The van der Waals surface area contributed by atoms with Crippen LogP contribution in [0.25, 0.3) is 0 Å². The summed E-state index contributed by atoms with van der Waals surface area (Å²) in [6.07, 6.45) is 1.80. The predicted octanol–water partition coefficient (Wildman–Crippen LogP) is 1.35. The number of methoxy groups -OCH3 is 1. The van der Waals surface area contributed by atoms with E-state index in [-0.39, 0.29) is 17.2 Å². The second-order valence-electron chi connectivity index (χ2n) is 6.25. The van der Waals surface area contributed by atoms with Crippen LogP contribution < -0.4 is 10.5 Å². The highest BCUT2D eigenvalue weighted by Crippen LogP contribution is 2.27. The van der Waals surface area contributed by atoms with Gasteiger partial charge in [0.1, 0.15) is 11.6 Å². The van der Waals surface area contributed by atoms with E-state index in [9.17, 15) is 9.18 Å². The lowest BCUT2D eigenvalue weighted by molar-refractivity contribution is 0.00154. The molecule has 2 heterocycles. The molecule has 0 bridgehead atoms. The maximum absolute atomic E-state index is 14.1. The van der Waals surface area contributed by atoms with Gasteiger partial charge in [0.25, 0.3) is 5.91 Å². The van der Waals surface area contributed by atoms with Gasteiger partial charge in [-0.3, -0.25) is 9.69 Å². The molecular formula is C17H24FN3O3. The summed E-state index contributed by atoms with van der Waals surface area (Å²) in [7, 11) is 1.45. The summed E-state index contributed by atoms with van der Waals surface area (Å²) in [4.78, 5) is 16.8. The molecule has 0 aromatic heterocycles. The van der Waals surface area contributed by atoms with Gasteiger partial charge in [-0.25, -0.2) is 4.39 Å². The molecule has 2 fully saturated rings. The van der Waals surface area contributed by atoms with E-state index in [0.29, 0.717) is 24.9 Å². The van der Waals surface area contributed by atoms with E-state index in [2.05, 4.69) is 4.90 Å². The van der Waals surface area contributed by atoms with Crippen LogP contribution >= 0.6 is 0 Å². The maximum Gasteiger partial charge on any atom is 0.256 e. The Balaban J connectivity index is 1.65. The van der Waals surface area contributed by atoms with Crippen molar-refractivity contribution < 1.29 is 18.7 Å². The van der Waals surface area contributed by atoms with E-state index in [1.165, 1.54) is 13.2 Å². The molecule has 2 saturated heterocycles. The number of benzene rings is 1. The number of piperidine rings is 1. The lowest BCUT2D eigenvalue weighted by atomic mass is 10.0. The monoisotopic (exact) mass is 337 g/mol. The molecule has 6 nitrogen and oxygen atoms in total. The molecule has 0 spiro atoms. The number of nitrogens with zero attached hydrogens (tertiary/aromatic N) is 2. The van der Waals surface area contributed by atoms with Crippen molar-refractivity contribution in [2.24, 2.45) is 0 Å². The van der Waals surface area contributed by atoms with Crippen molar-refractivity contribution in [3.05, 3.63) is 23.5 Å². The Labute approximate surface area is 141 Å². The zero-order chi connectivity index (χ0) is 17.1. The van der Waals surface area contributed by atoms with Gasteiger partial charge in [0.2, 0.25) is 0 Å². The van der Waals surface area contributed by atoms with E-state index in [1.54, 1.807) is 4.90 Å². The molecule has 1 aromatic carbocycles. The highest BCUT2D eigenvalue weighted by atomic mass is 19.1. The molecule has 0 aliphatic carbocycles. The number of halogens is 1. The molecule has 3 rings (SSSR count).